The molecule has 0 atom stereocenters. The van der Waals surface area contributed by atoms with Crippen LogP contribution in [0.15, 0.2) is 30.5 Å². The molecule has 0 amide bonds. The zero-order valence-electron chi connectivity index (χ0n) is 20.1. The summed E-state index contributed by atoms with van der Waals surface area (Å²) in [6.07, 6.45) is 4.58. The number of rotatable bonds is 6. The fourth-order valence-electron chi connectivity index (χ4n) is 4.97. The summed E-state index contributed by atoms with van der Waals surface area (Å²) in [5.41, 5.74) is 5.09. The lowest BCUT2D eigenvalue weighted by atomic mass is 9.95. The summed E-state index contributed by atoms with van der Waals surface area (Å²) in [5, 5.41) is 14.8. The number of imidazole rings is 1. The number of fused-ring (bicyclic) bond motifs is 1. The second kappa shape index (κ2) is 9.73. The van der Waals surface area contributed by atoms with E-state index in [4.69, 9.17) is 19.6 Å². The van der Waals surface area contributed by atoms with Gasteiger partial charge in [-0.25, -0.2) is 22.2 Å². The fraction of sp³-hybridized carbons (Fsp3) is 0.500. The van der Waals surface area contributed by atoms with Crippen LogP contribution in [-0.4, -0.2) is 85.2 Å². The first-order valence-corrected chi connectivity index (χ1v) is 13.7. The lowest BCUT2D eigenvalue weighted by Crippen LogP contribution is -2.37. The van der Waals surface area contributed by atoms with E-state index in [1.807, 2.05) is 35.0 Å². The topological polar surface area (TPSA) is 110 Å². The highest BCUT2D eigenvalue weighted by Gasteiger charge is 2.29. The van der Waals surface area contributed by atoms with Crippen molar-refractivity contribution >= 4 is 21.4 Å². The van der Waals surface area contributed by atoms with Crippen molar-refractivity contribution in [3.8, 4) is 17.0 Å². The van der Waals surface area contributed by atoms with E-state index in [1.54, 1.807) is 11.4 Å². The number of aliphatic hydroxyl groups excluding tert-OH is 1. The zero-order chi connectivity index (χ0) is 24.6. The lowest BCUT2D eigenvalue weighted by molar-refractivity contribution is 0.123. The van der Waals surface area contributed by atoms with Gasteiger partial charge < -0.3 is 19.5 Å². The Hall–Kier alpha value is -2.73. The molecule has 3 aromatic rings. The Morgan fingerprint density at radius 2 is 1.89 bits per heavy atom. The van der Waals surface area contributed by atoms with E-state index < -0.39 is 10.0 Å². The summed E-state index contributed by atoms with van der Waals surface area (Å²) in [4.78, 5) is 7.03. The molecule has 0 saturated carbocycles. The van der Waals surface area contributed by atoms with E-state index in [0.717, 1.165) is 54.2 Å². The Balaban J connectivity index is 1.58. The highest BCUT2D eigenvalue weighted by Crippen LogP contribution is 2.34. The van der Waals surface area contributed by atoms with Gasteiger partial charge in [-0.3, -0.25) is 0 Å². The van der Waals surface area contributed by atoms with E-state index in [1.165, 1.54) is 6.26 Å². The van der Waals surface area contributed by atoms with Gasteiger partial charge in [0.25, 0.3) is 0 Å². The van der Waals surface area contributed by atoms with Gasteiger partial charge >= 0.3 is 0 Å². The van der Waals surface area contributed by atoms with Crippen LogP contribution in [-0.2, 0) is 21.4 Å². The lowest BCUT2D eigenvalue weighted by Gasteiger charge is -2.30. The third kappa shape index (κ3) is 4.73. The molecule has 1 aromatic carbocycles. The maximum atomic E-state index is 12.0. The van der Waals surface area contributed by atoms with Crippen LogP contribution >= 0.6 is 0 Å². The number of benzene rings is 1. The van der Waals surface area contributed by atoms with Gasteiger partial charge in [-0.1, -0.05) is 0 Å². The number of hydrogen-bond acceptors (Lipinski definition) is 8. The molecule has 2 aliphatic rings. The molecule has 4 heterocycles. The van der Waals surface area contributed by atoms with Crippen molar-refractivity contribution in [2.75, 3.05) is 57.7 Å². The molecular formula is C24H31N5O5S. The van der Waals surface area contributed by atoms with E-state index >= 15 is 0 Å². The van der Waals surface area contributed by atoms with Crippen molar-refractivity contribution in [1.29, 1.82) is 0 Å². The predicted octanol–water partition coefficient (Wildman–Crippen LogP) is 1.87. The quantitative estimate of drug-likeness (QED) is 0.545. The molecule has 1 N–H and O–H groups in total. The van der Waals surface area contributed by atoms with Gasteiger partial charge in [0, 0.05) is 43.2 Å². The minimum atomic E-state index is -3.19. The highest BCUT2D eigenvalue weighted by molar-refractivity contribution is 7.88. The Bertz CT molecular complexity index is 1310. The summed E-state index contributed by atoms with van der Waals surface area (Å²) < 4.78 is 38.3. The molecule has 2 saturated heterocycles. The smallest absolute Gasteiger partial charge is 0.211 e. The maximum absolute atomic E-state index is 12.0. The first-order valence-electron chi connectivity index (χ1n) is 11.8. The van der Waals surface area contributed by atoms with Gasteiger partial charge in [0.05, 0.1) is 56.5 Å². The molecule has 188 valence electrons. The van der Waals surface area contributed by atoms with Crippen LogP contribution in [0.4, 0.5) is 5.69 Å². The number of sulfonamides is 1. The number of ether oxygens (including phenoxy) is 2. The number of methoxy groups -OCH3 is 1. The van der Waals surface area contributed by atoms with Crippen LogP contribution in [0.2, 0.25) is 0 Å². The molecule has 0 bridgehead atoms. The summed E-state index contributed by atoms with van der Waals surface area (Å²) in [6, 6.07) is 7.73. The normalized spacial score (nSPS) is 18.3. The summed E-state index contributed by atoms with van der Waals surface area (Å²) in [7, 11) is -1.61. The van der Waals surface area contributed by atoms with Gasteiger partial charge in [-0.05, 0) is 37.1 Å². The Morgan fingerprint density at radius 1 is 1.14 bits per heavy atom. The number of morpholine rings is 1. The summed E-state index contributed by atoms with van der Waals surface area (Å²) in [5.74, 6) is 0.791. The van der Waals surface area contributed by atoms with Crippen LogP contribution in [0.1, 0.15) is 30.0 Å². The highest BCUT2D eigenvalue weighted by atomic mass is 32.2. The monoisotopic (exact) mass is 501 g/mol. The number of anilines is 1. The van der Waals surface area contributed by atoms with Crippen molar-refractivity contribution in [2.45, 2.75) is 25.4 Å². The molecule has 0 aliphatic carbocycles. The molecule has 2 aromatic heterocycles. The molecule has 10 nitrogen and oxygen atoms in total. The van der Waals surface area contributed by atoms with Crippen molar-refractivity contribution < 1.29 is 23.0 Å². The third-order valence-electron chi connectivity index (χ3n) is 6.91. The van der Waals surface area contributed by atoms with E-state index in [0.29, 0.717) is 37.6 Å². The molecule has 0 spiro atoms. The van der Waals surface area contributed by atoms with Gasteiger partial charge in [0.15, 0.2) is 5.65 Å². The van der Waals surface area contributed by atoms with E-state index in [2.05, 4.69) is 4.90 Å². The second-order valence-corrected chi connectivity index (χ2v) is 11.0. The maximum Gasteiger partial charge on any atom is 0.211 e. The van der Waals surface area contributed by atoms with E-state index in [9.17, 15) is 13.5 Å². The standard InChI is InChI=1S/C24H31N5O5S/c1-33-23-4-3-18(13-19(23)16-30)20-14-21(27-9-11-34-12-10-27)24-25-15-22(29(24)26-20)17-5-7-28(8-6-17)35(2,31)32/h3-4,13-15,17,30H,5-12,16H2,1-2H3. The van der Waals surface area contributed by atoms with Crippen molar-refractivity contribution in [2.24, 2.45) is 0 Å². The predicted molar refractivity (Wildman–Crippen MR) is 132 cm³/mol. The van der Waals surface area contributed by atoms with Crippen LogP contribution in [0.25, 0.3) is 16.9 Å². The van der Waals surface area contributed by atoms with Gasteiger partial charge in [-0.2, -0.15) is 5.10 Å². The minimum Gasteiger partial charge on any atom is -0.496 e. The number of nitrogens with zero attached hydrogens (tertiary/aromatic N) is 5. The van der Waals surface area contributed by atoms with Crippen LogP contribution in [0.5, 0.6) is 5.75 Å². The molecule has 0 unspecified atom stereocenters. The van der Waals surface area contributed by atoms with Crippen molar-refractivity contribution in [1.82, 2.24) is 18.9 Å². The van der Waals surface area contributed by atoms with Crippen LogP contribution in [0, 0.1) is 0 Å². The molecule has 11 heteroatoms. The van der Waals surface area contributed by atoms with Crippen molar-refractivity contribution in [3.05, 3.63) is 41.7 Å². The molecule has 35 heavy (non-hydrogen) atoms. The Morgan fingerprint density at radius 3 is 2.54 bits per heavy atom. The summed E-state index contributed by atoms with van der Waals surface area (Å²) in [6.45, 7) is 3.68. The first kappa shape index (κ1) is 24.0. The Labute approximate surface area is 205 Å². The number of aromatic nitrogens is 3. The average molecular weight is 502 g/mol. The molecule has 5 rings (SSSR count). The molecule has 2 aliphatic heterocycles. The molecule has 2 fully saturated rings. The number of hydrogen-bond donors (Lipinski definition) is 1. The SMILES string of the molecule is COc1ccc(-c2cc(N3CCOCC3)c3ncc(C4CCN(S(C)(=O)=O)CC4)n3n2)cc1CO. The molecule has 0 radical (unpaired) electrons. The van der Waals surface area contributed by atoms with Gasteiger partial charge in [0.2, 0.25) is 10.0 Å². The van der Waals surface area contributed by atoms with E-state index in [-0.39, 0.29) is 12.5 Å². The zero-order valence-corrected chi connectivity index (χ0v) is 20.9. The second-order valence-electron chi connectivity index (χ2n) is 9.05. The Kier molecular flexibility index (Phi) is 6.67. The van der Waals surface area contributed by atoms with Gasteiger partial charge in [-0.15, -0.1) is 0 Å². The van der Waals surface area contributed by atoms with Gasteiger partial charge in [0.1, 0.15) is 5.75 Å². The first-order chi connectivity index (χ1) is 16.9. The summed E-state index contributed by atoms with van der Waals surface area (Å²) >= 11 is 0. The largest absolute Gasteiger partial charge is 0.496 e. The fourth-order valence-corrected chi connectivity index (χ4v) is 5.84. The third-order valence-corrected chi connectivity index (χ3v) is 8.22. The molecular weight excluding hydrogens is 470 g/mol. The number of aliphatic hydroxyl groups is 1. The van der Waals surface area contributed by atoms with Crippen LogP contribution in [0.3, 0.4) is 0 Å². The van der Waals surface area contributed by atoms with Crippen LogP contribution < -0.4 is 9.64 Å². The number of piperidine rings is 1. The average Bonchev–Trinajstić information content (AvgIpc) is 3.32. The van der Waals surface area contributed by atoms with Crippen molar-refractivity contribution in [3.63, 3.8) is 0 Å². The minimum absolute atomic E-state index is 0.134.